The molecule has 0 amide bonds. The molecule has 90 valence electrons. The van der Waals surface area contributed by atoms with Gasteiger partial charge in [-0.1, -0.05) is 13.8 Å². The molecule has 0 aliphatic heterocycles. The Balaban J connectivity index is 2.49. The Morgan fingerprint density at radius 1 is 1.07 bits per heavy atom. The molecule has 0 radical (unpaired) electrons. The minimum Gasteiger partial charge on any atom is -0.394 e. The molecule has 3 heteroatoms. The molecule has 1 aliphatic carbocycles. The van der Waals surface area contributed by atoms with Crippen LogP contribution in [0.3, 0.4) is 0 Å². The number of nitrogens with one attached hydrogen (secondary N) is 1. The molecule has 0 aromatic rings. The van der Waals surface area contributed by atoms with E-state index in [2.05, 4.69) is 19.2 Å². The molecular formula is C12H25NO2. The van der Waals surface area contributed by atoms with E-state index in [1.165, 1.54) is 6.42 Å². The monoisotopic (exact) mass is 215 g/mol. The normalized spacial score (nSPS) is 33.0. The van der Waals surface area contributed by atoms with E-state index in [-0.39, 0.29) is 13.2 Å². The molecule has 0 saturated heterocycles. The lowest BCUT2D eigenvalue weighted by atomic mass is 9.79. The summed E-state index contributed by atoms with van der Waals surface area (Å²) in [6.45, 7) is 6.40. The van der Waals surface area contributed by atoms with E-state index in [0.29, 0.717) is 6.04 Å². The van der Waals surface area contributed by atoms with Crippen molar-refractivity contribution >= 4 is 0 Å². The van der Waals surface area contributed by atoms with Gasteiger partial charge in [0.1, 0.15) is 0 Å². The molecule has 0 bridgehead atoms. The molecular weight excluding hydrogens is 190 g/mol. The molecule has 3 nitrogen and oxygen atoms in total. The van der Waals surface area contributed by atoms with Gasteiger partial charge in [0.15, 0.2) is 0 Å². The fraction of sp³-hybridized carbons (Fsp3) is 1.00. The van der Waals surface area contributed by atoms with Gasteiger partial charge in [0.2, 0.25) is 0 Å². The van der Waals surface area contributed by atoms with Crippen LogP contribution >= 0.6 is 0 Å². The zero-order chi connectivity index (χ0) is 11.5. The number of hydrogen-bond acceptors (Lipinski definition) is 3. The average Bonchev–Trinajstić information content (AvgIpc) is 2.16. The predicted molar refractivity (Wildman–Crippen MR) is 61.7 cm³/mol. The van der Waals surface area contributed by atoms with Crippen LogP contribution < -0.4 is 5.32 Å². The summed E-state index contributed by atoms with van der Waals surface area (Å²) in [7, 11) is 0. The van der Waals surface area contributed by atoms with Crippen molar-refractivity contribution in [2.24, 2.45) is 11.8 Å². The predicted octanol–water partition coefficient (Wildman–Crippen LogP) is 1.14. The Kier molecular flexibility index (Phi) is 4.56. The van der Waals surface area contributed by atoms with E-state index < -0.39 is 5.54 Å². The zero-order valence-electron chi connectivity index (χ0n) is 10.2. The maximum Gasteiger partial charge on any atom is 0.0633 e. The summed E-state index contributed by atoms with van der Waals surface area (Å²) in [6.07, 6.45) is 3.60. The molecule has 0 aromatic carbocycles. The largest absolute Gasteiger partial charge is 0.394 e. The van der Waals surface area contributed by atoms with E-state index in [1.54, 1.807) is 0 Å². The van der Waals surface area contributed by atoms with Gasteiger partial charge < -0.3 is 15.5 Å². The highest BCUT2D eigenvalue weighted by Crippen LogP contribution is 2.29. The number of aliphatic hydroxyl groups excluding tert-OH is 2. The summed E-state index contributed by atoms with van der Waals surface area (Å²) in [5.74, 6) is 1.49. The SMILES string of the molecule is CC1CC(C)CC(NC(C)(CO)CO)C1. The number of aliphatic hydroxyl groups is 2. The maximum absolute atomic E-state index is 9.23. The van der Waals surface area contributed by atoms with Crippen LogP contribution in [0.25, 0.3) is 0 Å². The highest BCUT2D eigenvalue weighted by atomic mass is 16.3. The quantitative estimate of drug-likeness (QED) is 0.659. The van der Waals surface area contributed by atoms with E-state index in [4.69, 9.17) is 0 Å². The molecule has 1 fully saturated rings. The minimum absolute atomic E-state index is 0.0111. The minimum atomic E-state index is -0.526. The maximum atomic E-state index is 9.23. The first kappa shape index (κ1) is 12.9. The van der Waals surface area contributed by atoms with E-state index in [1.807, 2.05) is 6.92 Å². The van der Waals surface area contributed by atoms with Gasteiger partial charge in [-0.25, -0.2) is 0 Å². The van der Waals surface area contributed by atoms with Gasteiger partial charge in [-0.2, -0.15) is 0 Å². The molecule has 0 aromatic heterocycles. The van der Waals surface area contributed by atoms with Gasteiger partial charge in [0.25, 0.3) is 0 Å². The highest BCUT2D eigenvalue weighted by molar-refractivity contribution is 4.89. The van der Waals surface area contributed by atoms with Crippen molar-refractivity contribution in [2.75, 3.05) is 13.2 Å². The van der Waals surface area contributed by atoms with Crippen LogP contribution in [0, 0.1) is 11.8 Å². The van der Waals surface area contributed by atoms with Crippen LogP contribution in [0.4, 0.5) is 0 Å². The molecule has 15 heavy (non-hydrogen) atoms. The van der Waals surface area contributed by atoms with Gasteiger partial charge in [-0.3, -0.25) is 0 Å². The Bertz CT molecular complexity index is 182. The van der Waals surface area contributed by atoms with Crippen molar-refractivity contribution in [3.8, 4) is 0 Å². The Hall–Kier alpha value is -0.120. The van der Waals surface area contributed by atoms with Crippen molar-refractivity contribution in [2.45, 2.75) is 51.6 Å². The van der Waals surface area contributed by atoms with Crippen molar-refractivity contribution in [3.05, 3.63) is 0 Å². The van der Waals surface area contributed by atoms with Crippen LogP contribution in [0.1, 0.15) is 40.0 Å². The molecule has 2 atom stereocenters. The van der Waals surface area contributed by atoms with Gasteiger partial charge in [0.05, 0.1) is 18.8 Å². The van der Waals surface area contributed by atoms with Crippen LogP contribution in [-0.2, 0) is 0 Å². The van der Waals surface area contributed by atoms with Crippen molar-refractivity contribution in [1.82, 2.24) is 5.32 Å². The summed E-state index contributed by atoms with van der Waals surface area (Å²) < 4.78 is 0. The lowest BCUT2D eigenvalue weighted by Gasteiger charge is -2.38. The second-order valence-electron chi connectivity index (χ2n) is 5.64. The lowest BCUT2D eigenvalue weighted by molar-refractivity contribution is 0.0793. The first-order valence-electron chi connectivity index (χ1n) is 5.98. The Labute approximate surface area is 92.9 Å². The fourth-order valence-electron chi connectivity index (χ4n) is 2.70. The smallest absolute Gasteiger partial charge is 0.0633 e. The van der Waals surface area contributed by atoms with Gasteiger partial charge in [-0.15, -0.1) is 0 Å². The van der Waals surface area contributed by atoms with E-state index in [0.717, 1.165) is 24.7 Å². The first-order valence-corrected chi connectivity index (χ1v) is 5.98. The second-order valence-corrected chi connectivity index (χ2v) is 5.64. The third-order valence-corrected chi connectivity index (χ3v) is 3.43. The zero-order valence-corrected chi connectivity index (χ0v) is 10.2. The first-order chi connectivity index (χ1) is 6.99. The highest BCUT2D eigenvalue weighted by Gasteiger charge is 2.30. The molecule has 3 N–H and O–H groups in total. The van der Waals surface area contributed by atoms with Gasteiger partial charge in [-0.05, 0) is 38.0 Å². The third-order valence-electron chi connectivity index (χ3n) is 3.43. The Morgan fingerprint density at radius 3 is 1.93 bits per heavy atom. The summed E-state index contributed by atoms with van der Waals surface area (Å²) in [4.78, 5) is 0. The lowest BCUT2D eigenvalue weighted by Crippen LogP contribution is -2.55. The average molecular weight is 215 g/mol. The summed E-state index contributed by atoms with van der Waals surface area (Å²) in [6, 6.07) is 0.438. The molecule has 1 saturated carbocycles. The van der Waals surface area contributed by atoms with Crippen molar-refractivity contribution < 1.29 is 10.2 Å². The topological polar surface area (TPSA) is 52.5 Å². The second kappa shape index (κ2) is 5.28. The third kappa shape index (κ3) is 3.74. The standard InChI is InChI=1S/C12H25NO2/c1-9-4-10(2)6-11(5-9)13-12(3,7-14)8-15/h9-11,13-15H,4-8H2,1-3H3. The molecule has 1 aliphatic rings. The van der Waals surface area contributed by atoms with Crippen LogP contribution in [0.5, 0.6) is 0 Å². The van der Waals surface area contributed by atoms with Crippen molar-refractivity contribution in [3.63, 3.8) is 0 Å². The van der Waals surface area contributed by atoms with E-state index in [9.17, 15) is 10.2 Å². The molecule has 1 rings (SSSR count). The Morgan fingerprint density at radius 2 is 1.53 bits per heavy atom. The summed E-state index contributed by atoms with van der Waals surface area (Å²) >= 11 is 0. The molecule has 0 spiro atoms. The number of hydrogen-bond donors (Lipinski definition) is 3. The molecule has 0 heterocycles. The summed E-state index contributed by atoms with van der Waals surface area (Å²) in [5.41, 5.74) is -0.526. The summed E-state index contributed by atoms with van der Waals surface area (Å²) in [5, 5.41) is 21.8. The van der Waals surface area contributed by atoms with Crippen molar-refractivity contribution in [1.29, 1.82) is 0 Å². The fourth-order valence-corrected chi connectivity index (χ4v) is 2.70. The molecule has 2 unspecified atom stereocenters. The van der Waals surface area contributed by atoms with Crippen LogP contribution in [0.2, 0.25) is 0 Å². The van der Waals surface area contributed by atoms with E-state index >= 15 is 0 Å². The van der Waals surface area contributed by atoms with Crippen LogP contribution in [-0.4, -0.2) is 35.0 Å². The number of rotatable bonds is 4. The van der Waals surface area contributed by atoms with Crippen LogP contribution in [0.15, 0.2) is 0 Å². The van der Waals surface area contributed by atoms with Gasteiger partial charge >= 0.3 is 0 Å². The van der Waals surface area contributed by atoms with Gasteiger partial charge in [0, 0.05) is 6.04 Å².